The first kappa shape index (κ1) is 15.7. The summed E-state index contributed by atoms with van der Waals surface area (Å²) < 4.78 is 18.3. The molecule has 3 aromatic rings. The predicted molar refractivity (Wildman–Crippen MR) is 87.8 cm³/mol. The molecule has 0 aliphatic carbocycles. The average Bonchev–Trinajstić information content (AvgIpc) is 3.19. The van der Waals surface area contributed by atoms with E-state index in [0.717, 1.165) is 21.4 Å². The van der Waals surface area contributed by atoms with Crippen LogP contribution >= 0.6 is 11.3 Å². The highest BCUT2D eigenvalue weighted by molar-refractivity contribution is 7.10. The Hall–Kier alpha value is -2.18. The molecule has 0 aliphatic rings. The Morgan fingerprint density at radius 3 is 3.09 bits per heavy atom. The van der Waals surface area contributed by atoms with Gasteiger partial charge in [0.15, 0.2) is 0 Å². The Kier molecular flexibility index (Phi) is 4.45. The summed E-state index contributed by atoms with van der Waals surface area (Å²) in [6.45, 7) is 0. The number of aliphatic hydroxyl groups excluding tert-OH is 1. The first-order valence-corrected chi connectivity index (χ1v) is 8.07. The van der Waals surface area contributed by atoms with Crippen LogP contribution in [-0.4, -0.2) is 23.2 Å². The van der Waals surface area contributed by atoms with Gasteiger partial charge in [-0.2, -0.15) is 0 Å². The molecular weight excluding hydrogens is 317 g/mol. The van der Waals surface area contributed by atoms with Crippen molar-refractivity contribution in [1.82, 2.24) is 4.98 Å². The molecule has 0 radical (unpaired) electrons. The molecule has 1 unspecified atom stereocenters. The summed E-state index contributed by atoms with van der Waals surface area (Å²) in [6.07, 6.45) is 1.54. The van der Waals surface area contributed by atoms with E-state index in [9.17, 15) is 14.3 Å². The van der Waals surface area contributed by atoms with Crippen molar-refractivity contribution in [3.63, 3.8) is 0 Å². The summed E-state index contributed by atoms with van der Waals surface area (Å²) in [5.41, 5.74) is 2.28. The number of carbonyl (C=O) groups excluding carboxylic acids is 1. The second-order valence-corrected chi connectivity index (χ2v) is 6.18. The van der Waals surface area contributed by atoms with Gasteiger partial charge in [0.1, 0.15) is 5.82 Å². The van der Waals surface area contributed by atoms with Gasteiger partial charge < -0.3 is 14.8 Å². The van der Waals surface area contributed by atoms with E-state index in [0.29, 0.717) is 11.9 Å². The van der Waals surface area contributed by atoms with Gasteiger partial charge in [0, 0.05) is 28.4 Å². The number of nitrogens with one attached hydrogen (secondary N) is 1. The SMILES string of the molecule is COC(=O)CCC(O)c1cc(-c2c[nH]c3c(F)cccc23)cs1. The maximum Gasteiger partial charge on any atom is 0.305 e. The summed E-state index contributed by atoms with van der Waals surface area (Å²) in [4.78, 5) is 14.9. The Morgan fingerprint density at radius 2 is 2.30 bits per heavy atom. The number of para-hydroxylation sites is 1. The topological polar surface area (TPSA) is 62.3 Å². The first-order valence-electron chi connectivity index (χ1n) is 7.19. The van der Waals surface area contributed by atoms with Crippen molar-refractivity contribution in [3.8, 4) is 11.1 Å². The van der Waals surface area contributed by atoms with E-state index in [1.165, 1.54) is 24.5 Å². The van der Waals surface area contributed by atoms with E-state index >= 15 is 0 Å². The van der Waals surface area contributed by atoms with Crippen molar-refractivity contribution in [2.75, 3.05) is 7.11 Å². The molecule has 1 aromatic carbocycles. The van der Waals surface area contributed by atoms with E-state index < -0.39 is 6.10 Å². The number of halogens is 1. The van der Waals surface area contributed by atoms with Crippen molar-refractivity contribution < 1.29 is 19.0 Å². The number of aromatic nitrogens is 1. The highest BCUT2D eigenvalue weighted by Gasteiger charge is 2.15. The van der Waals surface area contributed by atoms with Gasteiger partial charge in [0.05, 0.1) is 18.7 Å². The van der Waals surface area contributed by atoms with Crippen molar-refractivity contribution >= 4 is 28.2 Å². The Morgan fingerprint density at radius 1 is 1.48 bits per heavy atom. The predicted octanol–water partition coefficient (Wildman–Crippen LogP) is 4.02. The number of benzene rings is 1. The maximum absolute atomic E-state index is 13.7. The highest BCUT2D eigenvalue weighted by atomic mass is 32.1. The molecule has 0 spiro atoms. The fraction of sp³-hybridized carbons (Fsp3) is 0.235. The fourth-order valence-electron chi connectivity index (χ4n) is 2.52. The average molecular weight is 333 g/mol. The molecule has 0 aliphatic heterocycles. The van der Waals surface area contributed by atoms with Crippen LogP contribution in [0.15, 0.2) is 35.8 Å². The molecular formula is C17H16FNO3S. The van der Waals surface area contributed by atoms with E-state index in [2.05, 4.69) is 9.72 Å². The Bertz CT molecular complexity index is 839. The third-order valence-corrected chi connectivity index (χ3v) is 4.81. The summed E-state index contributed by atoms with van der Waals surface area (Å²) in [5, 5.41) is 12.9. The van der Waals surface area contributed by atoms with E-state index in [1.807, 2.05) is 17.5 Å². The largest absolute Gasteiger partial charge is 0.469 e. The number of hydrogen-bond acceptors (Lipinski definition) is 4. The minimum atomic E-state index is -0.713. The maximum atomic E-state index is 13.7. The lowest BCUT2D eigenvalue weighted by atomic mass is 10.1. The van der Waals surface area contributed by atoms with Gasteiger partial charge in [-0.15, -0.1) is 11.3 Å². The van der Waals surface area contributed by atoms with Gasteiger partial charge in [-0.1, -0.05) is 12.1 Å². The van der Waals surface area contributed by atoms with Gasteiger partial charge >= 0.3 is 5.97 Å². The van der Waals surface area contributed by atoms with Crippen LogP contribution in [0.4, 0.5) is 4.39 Å². The van der Waals surface area contributed by atoms with Crippen LogP contribution in [0.25, 0.3) is 22.0 Å². The van der Waals surface area contributed by atoms with Crippen molar-refractivity contribution in [1.29, 1.82) is 0 Å². The third kappa shape index (κ3) is 3.13. The van der Waals surface area contributed by atoms with Crippen LogP contribution in [0.3, 0.4) is 0 Å². The molecule has 0 bridgehead atoms. The molecule has 6 heteroatoms. The van der Waals surface area contributed by atoms with Crippen LogP contribution in [0.2, 0.25) is 0 Å². The molecule has 0 saturated heterocycles. The molecule has 4 nitrogen and oxygen atoms in total. The molecule has 23 heavy (non-hydrogen) atoms. The van der Waals surface area contributed by atoms with Crippen LogP contribution in [0, 0.1) is 5.82 Å². The van der Waals surface area contributed by atoms with Crippen LogP contribution < -0.4 is 0 Å². The number of thiophene rings is 1. The second kappa shape index (κ2) is 6.52. The summed E-state index contributed by atoms with van der Waals surface area (Å²) in [6, 6.07) is 6.82. The van der Waals surface area contributed by atoms with Crippen molar-refractivity contribution in [3.05, 3.63) is 46.5 Å². The molecule has 0 amide bonds. The quantitative estimate of drug-likeness (QED) is 0.693. The highest BCUT2D eigenvalue weighted by Crippen LogP contribution is 2.35. The monoisotopic (exact) mass is 333 g/mol. The van der Waals surface area contributed by atoms with Gasteiger partial charge in [-0.05, 0) is 29.5 Å². The lowest BCUT2D eigenvalue weighted by Crippen LogP contribution is -2.03. The molecule has 3 rings (SSSR count). The van der Waals surface area contributed by atoms with Gasteiger partial charge in [-0.25, -0.2) is 4.39 Å². The standard InChI is InChI=1S/C17H16FNO3S/c1-22-16(21)6-5-14(20)15-7-10(9-23-15)12-8-19-17-11(12)3-2-4-13(17)18/h2-4,7-9,14,19-20H,5-6H2,1H3. The molecule has 0 saturated carbocycles. The van der Waals surface area contributed by atoms with Gasteiger partial charge in [0.25, 0.3) is 0 Å². The molecule has 0 fully saturated rings. The number of methoxy groups -OCH3 is 1. The molecule has 2 heterocycles. The smallest absolute Gasteiger partial charge is 0.305 e. The number of H-pyrrole nitrogens is 1. The number of aliphatic hydroxyl groups is 1. The Labute approximate surface area is 136 Å². The number of fused-ring (bicyclic) bond motifs is 1. The number of carbonyl (C=O) groups is 1. The number of esters is 1. The van der Waals surface area contributed by atoms with Crippen molar-refractivity contribution in [2.45, 2.75) is 18.9 Å². The van der Waals surface area contributed by atoms with Gasteiger partial charge in [-0.3, -0.25) is 4.79 Å². The lowest BCUT2D eigenvalue weighted by molar-refractivity contribution is -0.141. The molecule has 120 valence electrons. The number of aromatic amines is 1. The van der Waals surface area contributed by atoms with E-state index in [1.54, 1.807) is 12.3 Å². The first-order chi connectivity index (χ1) is 11.1. The number of ether oxygens (including phenoxy) is 1. The normalized spacial score (nSPS) is 12.5. The lowest BCUT2D eigenvalue weighted by Gasteiger charge is -2.06. The van der Waals surface area contributed by atoms with E-state index in [-0.39, 0.29) is 18.2 Å². The zero-order valence-electron chi connectivity index (χ0n) is 12.5. The van der Waals surface area contributed by atoms with Crippen LogP contribution in [-0.2, 0) is 9.53 Å². The van der Waals surface area contributed by atoms with Crippen LogP contribution in [0.5, 0.6) is 0 Å². The van der Waals surface area contributed by atoms with Crippen molar-refractivity contribution in [2.24, 2.45) is 0 Å². The minimum Gasteiger partial charge on any atom is -0.469 e. The Balaban J connectivity index is 1.83. The number of hydrogen-bond donors (Lipinski definition) is 2. The van der Waals surface area contributed by atoms with E-state index in [4.69, 9.17) is 0 Å². The minimum absolute atomic E-state index is 0.170. The second-order valence-electron chi connectivity index (χ2n) is 5.23. The summed E-state index contributed by atoms with van der Waals surface area (Å²) in [5.74, 6) is -0.629. The van der Waals surface area contributed by atoms with Crippen LogP contribution in [0.1, 0.15) is 23.8 Å². The molecule has 2 N–H and O–H groups in total. The zero-order valence-corrected chi connectivity index (χ0v) is 13.3. The zero-order chi connectivity index (χ0) is 16.4. The summed E-state index contributed by atoms with van der Waals surface area (Å²) in [7, 11) is 1.33. The third-order valence-electron chi connectivity index (χ3n) is 3.77. The molecule has 2 aromatic heterocycles. The fourth-order valence-corrected chi connectivity index (χ4v) is 3.45. The summed E-state index contributed by atoms with van der Waals surface area (Å²) >= 11 is 1.42. The van der Waals surface area contributed by atoms with Gasteiger partial charge in [0.2, 0.25) is 0 Å². The molecule has 1 atom stereocenters. The number of rotatable bonds is 5.